The van der Waals surface area contributed by atoms with Crippen molar-refractivity contribution in [2.24, 2.45) is 0 Å². The van der Waals surface area contributed by atoms with Crippen LogP contribution in [-0.2, 0) is 0 Å². The van der Waals surface area contributed by atoms with Crippen LogP contribution in [0.5, 0.6) is 0 Å². The lowest BCUT2D eigenvalue weighted by Gasteiger charge is -2.12. The molecule has 0 saturated carbocycles. The number of aliphatic hydroxyl groups excluding tert-OH is 1. The molecule has 1 atom stereocenters. The van der Waals surface area contributed by atoms with Crippen molar-refractivity contribution in [3.05, 3.63) is 20.2 Å². The van der Waals surface area contributed by atoms with Gasteiger partial charge in [0.05, 0.1) is 29.3 Å². The lowest BCUT2D eigenvalue weighted by atomic mass is 10.1. The summed E-state index contributed by atoms with van der Waals surface area (Å²) in [6.07, 6.45) is -0.998. The minimum absolute atomic E-state index is 0.0401. The van der Waals surface area contributed by atoms with Gasteiger partial charge in [-0.1, -0.05) is 0 Å². The highest BCUT2D eigenvalue weighted by Gasteiger charge is 2.49. The molecule has 0 aromatic carbocycles. The first-order chi connectivity index (χ1) is 5.80. The van der Waals surface area contributed by atoms with Gasteiger partial charge in [-0.15, -0.1) is 0 Å². The quantitative estimate of drug-likeness (QED) is 0.386. The van der Waals surface area contributed by atoms with Gasteiger partial charge in [-0.2, -0.15) is 0 Å². The molecule has 0 radical (unpaired) electrons. The molecule has 0 aromatic rings. The number of aliphatic hydroxyl groups is 1. The van der Waals surface area contributed by atoms with Crippen LogP contribution in [0.4, 0.5) is 0 Å². The average Bonchev–Trinajstić information content (AvgIpc) is 1.99. The first-order valence-electron chi connectivity index (χ1n) is 3.77. The topological polar surface area (TPSA) is 107 Å². The maximum Gasteiger partial charge on any atom is 0.455 e. The van der Waals surface area contributed by atoms with E-state index in [1.54, 1.807) is 0 Å². The van der Waals surface area contributed by atoms with Crippen LogP contribution in [0.2, 0.25) is 0 Å². The normalized spacial score (nSPS) is 13.8. The molecular formula is C6H12N2O5. The molecule has 7 heteroatoms. The molecule has 13 heavy (non-hydrogen) atoms. The summed E-state index contributed by atoms with van der Waals surface area (Å²) in [5, 5.41) is 29.5. The molecule has 0 rings (SSSR count). The lowest BCUT2D eigenvalue weighted by Crippen LogP contribution is -2.43. The second-order valence-corrected chi connectivity index (χ2v) is 3.12. The molecule has 0 spiro atoms. The van der Waals surface area contributed by atoms with Gasteiger partial charge in [-0.25, -0.2) is 0 Å². The molecule has 0 heterocycles. The average molecular weight is 192 g/mol. The maximum absolute atomic E-state index is 10.4. The summed E-state index contributed by atoms with van der Waals surface area (Å²) in [6, 6.07) is 0. The standard InChI is InChI=1S/C6H12N2O5/c1-5(9)3-4-6(2,7(10)11)8(12)13/h5,9H,3-4H2,1-2H3. The van der Waals surface area contributed by atoms with Gasteiger partial charge in [0.15, 0.2) is 0 Å². The third-order valence-corrected chi connectivity index (χ3v) is 1.82. The lowest BCUT2D eigenvalue weighted by molar-refractivity contribution is -0.793. The molecule has 76 valence electrons. The van der Waals surface area contributed by atoms with Crippen LogP contribution in [0.25, 0.3) is 0 Å². The minimum atomic E-state index is -2.18. The molecular weight excluding hydrogens is 180 g/mol. The number of nitrogens with zero attached hydrogens (tertiary/aromatic N) is 2. The van der Waals surface area contributed by atoms with E-state index in [0.717, 1.165) is 6.92 Å². The van der Waals surface area contributed by atoms with Crippen LogP contribution >= 0.6 is 0 Å². The molecule has 0 amide bonds. The largest absolute Gasteiger partial charge is 0.455 e. The van der Waals surface area contributed by atoms with E-state index in [2.05, 4.69) is 0 Å². The van der Waals surface area contributed by atoms with Crippen molar-refractivity contribution < 1.29 is 15.0 Å². The van der Waals surface area contributed by atoms with E-state index in [1.807, 2.05) is 0 Å². The van der Waals surface area contributed by atoms with E-state index in [4.69, 9.17) is 5.11 Å². The molecule has 0 bridgehead atoms. The van der Waals surface area contributed by atoms with Gasteiger partial charge in [-0.05, 0) is 13.3 Å². The summed E-state index contributed by atoms with van der Waals surface area (Å²) in [5.74, 6) is 0. The Morgan fingerprint density at radius 1 is 1.38 bits per heavy atom. The van der Waals surface area contributed by atoms with Crippen molar-refractivity contribution in [2.45, 2.75) is 38.5 Å². The summed E-state index contributed by atoms with van der Waals surface area (Å²) in [5.41, 5.74) is -2.18. The number of hydrogen-bond acceptors (Lipinski definition) is 5. The van der Waals surface area contributed by atoms with Gasteiger partial charge >= 0.3 is 5.66 Å². The molecule has 0 fully saturated rings. The fourth-order valence-electron chi connectivity index (χ4n) is 0.732. The zero-order valence-corrected chi connectivity index (χ0v) is 7.47. The molecule has 0 aliphatic carbocycles. The van der Waals surface area contributed by atoms with Crippen molar-refractivity contribution in [3.8, 4) is 0 Å². The van der Waals surface area contributed by atoms with E-state index in [1.165, 1.54) is 6.92 Å². The zero-order chi connectivity index (χ0) is 10.6. The summed E-state index contributed by atoms with van der Waals surface area (Å²) in [6.45, 7) is 2.37. The summed E-state index contributed by atoms with van der Waals surface area (Å²) in [4.78, 5) is 18.8. The number of rotatable bonds is 5. The van der Waals surface area contributed by atoms with Gasteiger partial charge in [0.1, 0.15) is 0 Å². The van der Waals surface area contributed by atoms with E-state index < -0.39 is 21.6 Å². The Kier molecular flexibility index (Phi) is 3.73. The van der Waals surface area contributed by atoms with E-state index in [-0.39, 0.29) is 12.8 Å². The van der Waals surface area contributed by atoms with Gasteiger partial charge in [-0.3, -0.25) is 20.2 Å². The first kappa shape index (κ1) is 11.8. The van der Waals surface area contributed by atoms with E-state index in [0.29, 0.717) is 0 Å². The van der Waals surface area contributed by atoms with Crippen LogP contribution in [-0.4, -0.2) is 26.7 Å². The van der Waals surface area contributed by atoms with Crippen LogP contribution < -0.4 is 0 Å². The van der Waals surface area contributed by atoms with E-state index in [9.17, 15) is 20.2 Å². The highest BCUT2D eigenvalue weighted by molar-refractivity contribution is 4.62. The Balaban J connectivity index is 4.44. The molecule has 0 aromatic heterocycles. The maximum atomic E-state index is 10.4. The second-order valence-electron chi connectivity index (χ2n) is 3.12. The Bertz CT molecular complexity index is 201. The Morgan fingerprint density at radius 3 is 2.00 bits per heavy atom. The van der Waals surface area contributed by atoms with Crippen molar-refractivity contribution in [3.63, 3.8) is 0 Å². The van der Waals surface area contributed by atoms with Crippen molar-refractivity contribution in [1.29, 1.82) is 0 Å². The highest BCUT2D eigenvalue weighted by Crippen LogP contribution is 2.18. The predicted octanol–water partition coefficient (Wildman–Crippen LogP) is 0.417. The fourth-order valence-corrected chi connectivity index (χ4v) is 0.732. The van der Waals surface area contributed by atoms with Crippen LogP contribution in [0.15, 0.2) is 0 Å². The van der Waals surface area contributed by atoms with Gasteiger partial charge < -0.3 is 5.11 Å². The van der Waals surface area contributed by atoms with Gasteiger partial charge in [0, 0.05) is 0 Å². The molecule has 0 aliphatic heterocycles. The highest BCUT2D eigenvalue weighted by atomic mass is 16.7. The van der Waals surface area contributed by atoms with Crippen molar-refractivity contribution >= 4 is 0 Å². The van der Waals surface area contributed by atoms with Crippen molar-refractivity contribution in [2.75, 3.05) is 0 Å². The SMILES string of the molecule is CC(O)CCC(C)([N+](=O)[O-])[N+](=O)[O-]. The Hall–Kier alpha value is -1.24. The molecule has 1 N–H and O–H groups in total. The Labute approximate surface area is 74.7 Å². The van der Waals surface area contributed by atoms with Crippen LogP contribution in [0, 0.1) is 20.2 Å². The van der Waals surface area contributed by atoms with Crippen LogP contribution in [0.3, 0.4) is 0 Å². The first-order valence-corrected chi connectivity index (χ1v) is 3.77. The second kappa shape index (κ2) is 4.13. The summed E-state index contributed by atoms with van der Waals surface area (Å²) >= 11 is 0. The van der Waals surface area contributed by atoms with E-state index >= 15 is 0 Å². The molecule has 7 nitrogen and oxygen atoms in total. The van der Waals surface area contributed by atoms with Gasteiger partial charge in [0.2, 0.25) is 0 Å². The fraction of sp³-hybridized carbons (Fsp3) is 1.00. The number of nitro groups is 2. The smallest absolute Gasteiger partial charge is 0.393 e. The minimum Gasteiger partial charge on any atom is -0.393 e. The third-order valence-electron chi connectivity index (χ3n) is 1.82. The zero-order valence-electron chi connectivity index (χ0n) is 7.47. The monoisotopic (exact) mass is 192 g/mol. The molecule has 1 unspecified atom stereocenters. The Morgan fingerprint density at radius 2 is 1.77 bits per heavy atom. The van der Waals surface area contributed by atoms with Gasteiger partial charge in [0.25, 0.3) is 0 Å². The predicted molar refractivity (Wildman–Crippen MR) is 43.3 cm³/mol. The van der Waals surface area contributed by atoms with Crippen molar-refractivity contribution in [1.82, 2.24) is 0 Å². The summed E-state index contributed by atoms with van der Waals surface area (Å²) < 4.78 is 0. The number of hydrogen-bond donors (Lipinski definition) is 1. The summed E-state index contributed by atoms with van der Waals surface area (Å²) in [7, 11) is 0. The molecule has 0 saturated heterocycles. The molecule has 0 aliphatic rings. The third kappa shape index (κ3) is 2.94. The van der Waals surface area contributed by atoms with Crippen LogP contribution in [0.1, 0.15) is 26.7 Å².